The van der Waals surface area contributed by atoms with Crippen LogP contribution in [0.4, 0.5) is 4.39 Å². The van der Waals surface area contributed by atoms with E-state index in [2.05, 4.69) is 26.9 Å². The number of piperazine rings is 1. The first-order chi connectivity index (χ1) is 12.0. The van der Waals surface area contributed by atoms with E-state index in [9.17, 15) is 9.50 Å². The SMILES string of the molecule is CC[C@@H]1CN(Cc2nnc(-c3ccc(F)cc3)o2)CCN1C[C@H](C)O. The Kier molecular flexibility index (Phi) is 5.78. The van der Waals surface area contributed by atoms with Crippen molar-refractivity contribution in [2.45, 2.75) is 39.0 Å². The first kappa shape index (κ1) is 18.0. The monoisotopic (exact) mass is 348 g/mol. The Hall–Kier alpha value is -1.83. The molecule has 1 N–H and O–H groups in total. The second-order valence-electron chi connectivity index (χ2n) is 6.65. The molecule has 3 rings (SSSR count). The molecule has 0 radical (unpaired) electrons. The number of aromatic nitrogens is 2. The maximum Gasteiger partial charge on any atom is 0.247 e. The van der Waals surface area contributed by atoms with Crippen molar-refractivity contribution in [3.05, 3.63) is 36.0 Å². The van der Waals surface area contributed by atoms with E-state index in [0.29, 0.717) is 36.5 Å². The van der Waals surface area contributed by atoms with Gasteiger partial charge in [-0.05, 0) is 37.6 Å². The van der Waals surface area contributed by atoms with Gasteiger partial charge in [-0.25, -0.2) is 4.39 Å². The highest BCUT2D eigenvalue weighted by Gasteiger charge is 2.27. The summed E-state index contributed by atoms with van der Waals surface area (Å²) in [5.41, 5.74) is 0.716. The van der Waals surface area contributed by atoms with Gasteiger partial charge in [0.25, 0.3) is 0 Å². The summed E-state index contributed by atoms with van der Waals surface area (Å²) in [6, 6.07) is 6.45. The normalized spacial score (nSPS) is 20.7. The molecule has 1 fully saturated rings. The minimum absolute atomic E-state index is 0.288. The van der Waals surface area contributed by atoms with Crippen LogP contribution in [0.25, 0.3) is 11.5 Å². The Morgan fingerprint density at radius 1 is 1.28 bits per heavy atom. The van der Waals surface area contributed by atoms with E-state index in [0.717, 1.165) is 26.1 Å². The molecule has 0 saturated carbocycles. The number of hydrogen-bond donors (Lipinski definition) is 1. The molecular formula is C18H25FN4O2. The molecule has 7 heteroatoms. The Labute approximate surface area is 147 Å². The lowest BCUT2D eigenvalue weighted by Gasteiger charge is -2.41. The van der Waals surface area contributed by atoms with Gasteiger partial charge >= 0.3 is 0 Å². The first-order valence-corrected chi connectivity index (χ1v) is 8.78. The molecule has 0 bridgehead atoms. The summed E-state index contributed by atoms with van der Waals surface area (Å²) in [7, 11) is 0. The first-order valence-electron chi connectivity index (χ1n) is 8.78. The summed E-state index contributed by atoms with van der Waals surface area (Å²) >= 11 is 0. The molecule has 0 spiro atoms. The number of aliphatic hydroxyl groups excluding tert-OH is 1. The van der Waals surface area contributed by atoms with Crippen LogP contribution in [-0.2, 0) is 6.54 Å². The maximum absolute atomic E-state index is 13.0. The summed E-state index contributed by atoms with van der Waals surface area (Å²) in [4.78, 5) is 4.65. The molecule has 1 aromatic heterocycles. The average molecular weight is 348 g/mol. The smallest absolute Gasteiger partial charge is 0.247 e. The number of benzene rings is 1. The minimum atomic E-state index is -0.310. The molecule has 0 aliphatic carbocycles. The van der Waals surface area contributed by atoms with Gasteiger partial charge < -0.3 is 9.52 Å². The lowest BCUT2D eigenvalue weighted by Crippen LogP contribution is -2.54. The van der Waals surface area contributed by atoms with Gasteiger partial charge in [0, 0.05) is 37.8 Å². The highest BCUT2D eigenvalue weighted by molar-refractivity contribution is 5.51. The van der Waals surface area contributed by atoms with Crippen LogP contribution in [0.5, 0.6) is 0 Å². The van der Waals surface area contributed by atoms with Crippen LogP contribution >= 0.6 is 0 Å². The minimum Gasteiger partial charge on any atom is -0.419 e. The molecule has 136 valence electrons. The molecule has 1 saturated heterocycles. The Bertz CT molecular complexity index is 674. The van der Waals surface area contributed by atoms with Crippen molar-refractivity contribution in [1.82, 2.24) is 20.0 Å². The number of hydrogen-bond acceptors (Lipinski definition) is 6. The van der Waals surface area contributed by atoms with E-state index >= 15 is 0 Å². The topological polar surface area (TPSA) is 65.6 Å². The summed E-state index contributed by atoms with van der Waals surface area (Å²) in [6.45, 7) is 8.04. The fourth-order valence-corrected chi connectivity index (χ4v) is 3.29. The lowest BCUT2D eigenvalue weighted by atomic mass is 10.1. The van der Waals surface area contributed by atoms with Crippen LogP contribution < -0.4 is 0 Å². The third-order valence-electron chi connectivity index (χ3n) is 4.58. The van der Waals surface area contributed by atoms with Crippen molar-refractivity contribution in [2.75, 3.05) is 26.2 Å². The van der Waals surface area contributed by atoms with Crippen molar-refractivity contribution in [3.8, 4) is 11.5 Å². The van der Waals surface area contributed by atoms with Gasteiger partial charge in [-0.1, -0.05) is 6.92 Å². The Balaban J connectivity index is 1.61. The summed E-state index contributed by atoms with van der Waals surface area (Å²) < 4.78 is 18.7. The standard InChI is InChI=1S/C18H25FN4O2/c1-3-16-11-22(8-9-23(16)10-13(2)24)12-17-20-21-18(25-17)14-4-6-15(19)7-5-14/h4-7,13,16,24H,3,8-12H2,1-2H3/t13-,16+/m0/s1. The number of aliphatic hydroxyl groups is 1. The predicted octanol–water partition coefficient (Wildman–Crippen LogP) is 2.15. The van der Waals surface area contributed by atoms with Crippen molar-refractivity contribution >= 4 is 0 Å². The Morgan fingerprint density at radius 2 is 2.04 bits per heavy atom. The summed E-state index contributed by atoms with van der Waals surface area (Å²) in [5, 5.41) is 17.8. The van der Waals surface area contributed by atoms with Crippen molar-refractivity contribution in [2.24, 2.45) is 0 Å². The van der Waals surface area contributed by atoms with Gasteiger partial charge in [0.05, 0.1) is 12.6 Å². The van der Waals surface area contributed by atoms with Crippen molar-refractivity contribution in [1.29, 1.82) is 0 Å². The average Bonchev–Trinajstić information content (AvgIpc) is 3.05. The van der Waals surface area contributed by atoms with Gasteiger partial charge in [0.2, 0.25) is 11.8 Å². The largest absolute Gasteiger partial charge is 0.419 e. The van der Waals surface area contributed by atoms with Gasteiger partial charge in [-0.15, -0.1) is 10.2 Å². The number of nitrogens with zero attached hydrogens (tertiary/aromatic N) is 4. The Morgan fingerprint density at radius 3 is 2.72 bits per heavy atom. The second-order valence-corrected chi connectivity index (χ2v) is 6.65. The van der Waals surface area contributed by atoms with E-state index < -0.39 is 0 Å². The van der Waals surface area contributed by atoms with E-state index in [1.54, 1.807) is 12.1 Å². The van der Waals surface area contributed by atoms with Crippen molar-refractivity contribution in [3.63, 3.8) is 0 Å². The summed E-state index contributed by atoms with van der Waals surface area (Å²) in [6.07, 6.45) is 0.725. The fraction of sp³-hybridized carbons (Fsp3) is 0.556. The van der Waals surface area contributed by atoms with Gasteiger partial charge in [0.15, 0.2) is 0 Å². The third-order valence-corrected chi connectivity index (χ3v) is 4.58. The number of rotatable bonds is 6. The molecule has 1 aromatic carbocycles. The molecule has 1 aliphatic heterocycles. The van der Waals surface area contributed by atoms with Crippen molar-refractivity contribution < 1.29 is 13.9 Å². The predicted molar refractivity (Wildman–Crippen MR) is 92.3 cm³/mol. The van der Waals surface area contributed by atoms with E-state index in [1.807, 2.05) is 6.92 Å². The molecule has 25 heavy (non-hydrogen) atoms. The second kappa shape index (κ2) is 8.03. The van der Waals surface area contributed by atoms with E-state index in [-0.39, 0.29) is 11.9 Å². The lowest BCUT2D eigenvalue weighted by molar-refractivity contribution is 0.0309. The molecule has 1 aliphatic rings. The highest BCUT2D eigenvalue weighted by atomic mass is 19.1. The fourth-order valence-electron chi connectivity index (χ4n) is 3.29. The van der Waals surface area contributed by atoms with Crippen LogP contribution in [0, 0.1) is 5.82 Å². The van der Waals surface area contributed by atoms with Gasteiger partial charge in [-0.3, -0.25) is 9.80 Å². The molecule has 2 aromatic rings. The maximum atomic E-state index is 13.0. The number of β-amino-alcohol motifs (C(OH)–C–C–N with tert-alkyl or cyclic N) is 1. The molecular weight excluding hydrogens is 323 g/mol. The highest BCUT2D eigenvalue weighted by Crippen LogP contribution is 2.20. The molecule has 6 nitrogen and oxygen atoms in total. The third kappa shape index (κ3) is 4.62. The van der Waals surface area contributed by atoms with Crippen LogP contribution in [0.1, 0.15) is 26.2 Å². The van der Waals surface area contributed by atoms with Crippen LogP contribution in [-0.4, -0.2) is 63.4 Å². The summed E-state index contributed by atoms with van der Waals surface area (Å²) in [5.74, 6) is 0.692. The molecule has 0 unspecified atom stereocenters. The molecule has 2 atom stereocenters. The zero-order valence-electron chi connectivity index (χ0n) is 14.7. The van der Waals surface area contributed by atoms with E-state index in [1.165, 1.54) is 12.1 Å². The quantitative estimate of drug-likeness (QED) is 0.863. The van der Waals surface area contributed by atoms with Crippen LogP contribution in [0.3, 0.4) is 0 Å². The molecule has 2 heterocycles. The van der Waals surface area contributed by atoms with E-state index in [4.69, 9.17) is 4.42 Å². The van der Waals surface area contributed by atoms with Crippen LogP contribution in [0.2, 0.25) is 0 Å². The van der Waals surface area contributed by atoms with Gasteiger partial charge in [-0.2, -0.15) is 0 Å². The number of halogens is 1. The van der Waals surface area contributed by atoms with Gasteiger partial charge in [0.1, 0.15) is 5.82 Å². The van der Waals surface area contributed by atoms with Crippen LogP contribution in [0.15, 0.2) is 28.7 Å². The molecule has 0 amide bonds. The zero-order chi connectivity index (χ0) is 17.8. The zero-order valence-corrected chi connectivity index (χ0v) is 14.7.